The van der Waals surface area contributed by atoms with Crippen molar-refractivity contribution in [2.45, 2.75) is 25.5 Å². The van der Waals surface area contributed by atoms with Crippen molar-refractivity contribution < 1.29 is 4.74 Å². The second-order valence-corrected chi connectivity index (χ2v) is 4.41. The second-order valence-electron chi connectivity index (χ2n) is 4.41. The molecule has 0 radical (unpaired) electrons. The Morgan fingerprint density at radius 1 is 1.31 bits per heavy atom. The van der Waals surface area contributed by atoms with Gasteiger partial charge in [0.15, 0.2) is 0 Å². The molecule has 0 bridgehead atoms. The molecule has 0 unspecified atom stereocenters. The maximum atomic E-state index is 5.94. The third kappa shape index (κ3) is 2.74. The van der Waals surface area contributed by atoms with E-state index in [1.807, 2.05) is 18.2 Å². The molecule has 0 aliphatic carbocycles. The van der Waals surface area contributed by atoms with E-state index in [0.717, 1.165) is 38.2 Å². The van der Waals surface area contributed by atoms with Gasteiger partial charge in [0.05, 0.1) is 6.10 Å². The van der Waals surface area contributed by atoms with Gasteiger partial charge >= 0.3 is 0 Å². The Bertz CT molecular complexity index is 332. The van der Waals surface area contributed by atoms with E-state index in [9.17, 15) is 0 Å². The summed E-state index contributed by atoms with van der Waals surface area (Å²) >= 11 is 0. The highest BCUT2D eigenvalue weighted by molar-refractivity contribution is 5.46. The van der Waals surface area contributed by atoms with Gasteiger partial charge in [-0.05, 0) is 24.5 Å². The highest BCUT2D eigenvalue weighted by Crippen LogP contribution is 2.18. The molecule has 1 aromatic carbocycles. The summed E-state index contributed by atoms with van der Waals surface area (Å²) in [5.41, 5.74) is 8.07. The number of nitrogen functional groups attached to an aromatic ring is 1. The Morgan fingerprint density at radius 2 is 2.00 bits per heavy atom. The summed E-state index contributed by atoms with van der Waals surface area (Å²) in [6.07, 6.45) is 2.70. The van der Waals surface area contributed by atoms with Gasteiger partial charge in [0.2, 0.25) is 0 Å². The van der Waals surface area contributed by atoms with E-state index in [0.29, 0.717) is 6.10 Å². The highest BCUT2D eigenvalue weighted by Gasteiger charge is 2.18. The molecule has 1 aliphatic heterocycles. The van der Waals surface area contributed by atoms with Gasteiger partial charge in [0, 0.05) is 32.4 Å². The molecule has 1 heterocycles. The molecule has 0 atom stereocenters. The van der Waals surface area contributed by atoms with Crippen LogP contribution in [0.5, 0.6) is 0 Å². The minimum absolute atomic E-state index is 0.448. The molecule has 0 saturated carbocycles. The number of rotatable bonds is 3. The number of para-hydroxylation sites is 1. The zero-order valence-electron chi connectivity index (χ0n) is 9.86. The van der Waals surface area contributed by atoms with E-state index in [1.165, 1.54) is 5.56 Å². The van der Waals surface area contributed by atoms with Crippen LogP contribution in [0.4, 0.5) is 5.69 Å². The van der Waals surface area contributed by atoms with Gasteiger partial charge in [0.1, 0.15) is 0 Å². The first kappa shape index (κ1) is 11.4. The summed E-state index contributed by atoms with van der Waals surface area (Å²) < 4.78 is 5.36. The van der Waals surface area contributed by atoms with Crippen LogP contribution in [0.1, 0.15) is 18.4 Å². The van der Waals surface area contributed by atoms with E-state index in [4.69, 9.17) is 10.5 Å². The summed E-state index contributed by atoms with van der Waals surface area (Å²) in [4.78, 5) is 2.45. The van der Waals surface area contributed by atoms with E-state index in [-0.39, 0.29) is 0 Å². The molecule has 2 rings (SSSR count). The molecule has 88 valence electrons. The number of hydrogen-bond donors (Lipinski definition) is 1. The molecule has 2 N–H and O–H groups in total. The van der Waals surface area contributed by atoms with Crippen LogP contribution in [0.2, 0.25) is 0 Å². The van der Waals surface area contributed by atoms with Crippen LogP contribution in [-0.4, -0.2) is 31.2 Å². The van der Waals surface area contributed by atoms with E-state index < -0.39 is 0 Å². The Labute approximate surface area is 97.2 Å². The lowest BCUT2D eigenvalue weighted by molar-refractivity contribution is 0.0389. The predicted molar refractivity (Wildman–Crippen MR) is 66.2 cm³/mol. The molecule has 1 saturated heterocycles. The first-order valence-electron chi connectivity index (χ1n) is 5.88. The fraction of sp³-hybridized carbons (Fsp3) is 0.538. The van der Waals surface area contributed by atoms with Crippen LogP contribution in [-0.2, 0) is 11.3 Å². The van der Waals surface area contributed by atoms with Crippen LogP contribution in [0.15, 0.2) is 24.3 Å². The number of methoxy groups -OCH3 is 1. The van der Waals surface area contributed by atoms with Crippen molar-refractivity contribution in [2.75, 3.05) is 25.9 Å². The fourth-order valence-corrected chi connectivity index (χ4v) is 2.22. The van der Waals surface area contributed by atoms with Gasteiger partial charge in [-0.15, -0.1) is 0 Å². The molecule has 1 aliphatic rings. The van der Waals surface area contributed by atoms with Crippen molar-refractivity contribution in [1.82, 2.24) is 4.90 Å². The van der Waals surface area contributed by atoms with Gasteiger partial charge < -0.3 is 10.5 Å². The van der Waals surface area contributed by atoms with Gasteiger partial charge in [-0.25, -0.2) is 0 Å². The van der Waals surface area contributed by atoms with E-state index in [2.05, 4.69) is 11.0 Å². The van der Waals surface area contributed by atoms with Crippen LogP contribution >= 0.6 is 0 Å². The van der Waals surface area contributed by atoms with Crippen molar-refractivity contribution in [3.63, 3.8) is 0 Å². The predicted octanol–water partition coefficient (Wildman–Crippen LogP) is 1.88. The normalized spacial score (nSPS) is 18.8. The topological polar surface area (TPSA) is 38.5 Å². The molecule has 0 aromatic heterocycles. The minimum atomic E-state index is 0.448. The molecule has 1 aromatic rings. The lowest BCUT2D eigenvalue weighted by Gasteiger charge is -2.31. The number of likely N-dealkylation sites (tertiary alicyclic amines) is 1. The SMILES string of the molecule is COC1CCN(Cc2ccccc2N)CC1. The zero-order chi connectivity index (χ0) is 11.4. The monoisotopic (exact) mass is 220 g/mol. The van der Waals surface area contributed by atoms with Crippen LogP contribution in [0.25, 0.3) is 0 Å². The number of nitrogens with two attached hydrogens (primary N) is 1. The third-order valence-electron chi connectivity index (χ3n) is 3.32. The largest absolute Gasteiger partial charge is 0.398 e. The molecule has 3 nitrogen and oxygen atoms in total. The zero-order valence-corrected chi connectivity index (χ0v) is 9.86. The lowest BCUT2D eigenvalue weighted by atomic mass is 10.1. The quantitative estimate of drug-likeness (QED) is 0.790. The Balaban J connectivity index is 1.89. The number of nitrogens with zero attached hydrogens (tertiary/aromatic N) is 1. The summed E-state index contributed by atoms with van der Waals surface area (Å²) in [5.74, 6) is 0. The van der Waals surface area contributed by atoms with E-state index in [1.54, 1.807) is 7.11 Å². The summed E-state index contributed by atoms with van der Waals surface area (Å²) in [6.45, 7) is 3.17. The molecular weight excluding hydrogens is 200 g/mol. The number of hydrogen-bond acceptors (Lipinski definition) is 3. The molecule has 0 spiro atoms. The molecule has 0 amide bonds. The van der Waals surface area contributed by atoms with Crippen LogP contribution in [0.3, 0.4) is 0 Å². The molecule has 3 heteroatoms. The number of anilines is 1. The lowest BCUT2D eigenvalue weighted by Crippen LogP contribution is -2.36. The number of ether oxygens (including phenoxy) is 1. The second kappa shape index (κ2) is 5.32. The van der Waals surface area contributed by atoms with Gasteiger partial charge in [-0.1, -0.05) is 18.2 Å². The van der Waals surface area contributed by atoms with Crippen LogP contribution < -0.4 is 5.73 Å². The number of piperidine rings is 1. The Morgan fingerprint density at radius 3 is 2.62 bits per heavy atom. The maximum Gasteiger partial charge on any atom is 0.0595 e. The van der Waals surface area contributed by atoms with Gasteiger partial charge in [-0.2, -0.15) is 0 Å². The van der Waals surface area contributed by atoms with Crippen molar-refractivity contribution in [2.24, 2.45) is 0 Å². The van der Waals surface area contributed by atoms with Crippen molar-refractivity contribution in [3.8, 4) is 0 Å². The minimum Gasteiger partial charge on any atom is -0.398 e. The molecule has 16 heavy (non-hydrogen) atoms. The first-order chi connectivity index (χ1) is 7.79. The van der Waals surface area contributed by atoms with Crippen molar-refractivity contribution >= 4 is 5.69 Å². The maximum absolute atomic E-state index is 5.94. The fourth-order valence-electron chi connectivity index (χ4n) is 2.22. The van der Waals surface area contributed by atoms with Gasteiger partial charge in [-0.3, -0.25) is 4.90 Å². The average Bonchev–Trinajstić information content (AvgIpc) is 2.33. The first-order valence-corrected chi connectivity index (χ1v) is 5.88. The Hall–Kier alpha value is -1.06. The highest BCUT2D eigenvalue weighted by atomic mass is 16.5. The van der Waals surface area contributed by atoms with Crippen molar-refractivity contribution in [3.05, 3.63) is 29.8 Å². The molecule has 1 fully saturated rings. The number of benzene rings is 1. The Kier molecular flexibility index (Phi) is 3.80. The standard InChI is InChI=1S/C13H20N2O/c1-16-12-6-8-15(9-7-12)10-11-4-2-3-5-13(11)14/h2-5,12H,6-10,14H2,1H3. The van der Waals surface area contributed by atoms with Gasteiger partial charge in [0.25, 0.3) is 0 Å². The average molecular weight is 220 g/mol. The summed E-state index contributed by atoms with van der Waals surface area (Å²) in [6, 6.07) is 8.11. The summed E-state index contributed by atoms with van der Waals surface area (Å²) in [5, 5.41) is 0. The van der Waals surface area contributed by atoms with Crippen molar-refractivity contribution in [1.29, 1.82) is 0 Å². The third-order valence-corrected chi connectivity index (χ3v) is 3.32. The molecular formula is C13H20N2O. The smallest absolute Gasteiger partial charge is 0.0595 e. The van der Waals surface area contributed by atoms with E-state index >= 15 is 0 Å². The summed E-state index contributed by atoms with van der Waals surface area (Å²) in [7, 11) is 1.80. The van der Waals surface area contributed by atoms with Crippen LogP contribution in [0, 0.1) is 0 Å².